The van der Waals surface area contributed by atoms with Crippen LogP contribution in [0.5, 0.6) is 0 Å². The summed E-state index contributed by atoms with van der Waals surface area (Å²) in [5, 5.41) is 9.27. The highest BCUT2D eigenvalue weighted by atomic mass is 19.1. The molecule has 11 rings (SSSR count). The number of pyridine rings is 2. The molecule has 9 heterocycles. The number of rotatable bonds is 7. The Bertz CT molecular complexity index is 3270. The molecule has 2 aliphatic heterocycles. The molecule has 0 unspecified atom stereocenters. The van der Waals surface area contributed by atoms with Crippen LogP contribution in [0.2, 0.25) is 0 Å². The van der Waals surface area contributed by atoms with Gasteiger partial charge in [0.2, 0.25) is 0 Å². The fourth-order valence-corrected chi connectivity index (χ4v) is 10.3. The number of H-pyrrole nitrogens is 1. The van der Waals surface area contributed by atoms with E-state index < -0.39 is 17.2 Å². The molecule has 1 saturated carbocycles. The summed E-state index contributed by atoms with van der Waals surface area (Å²) in [5.74, 6) is 0.838. The smallest absolute Gasteiger partial charge is 0.376 e. The summed E-state index contributed by atoms with van der Waals surface area (Å²) in [6.45, 7) is 12.6. The van der Waals surface area contributed by atoms with Crippen LogP contribution in [0.15, 0.2) is 87.7 Å². The van der Waals surface area contributed by atoms with Crippen molar-refractivity contribution in [1.29, 1.82) is 0 Å². The van der Waals surface area contributed by atoms with E-state index in [9.17, 15) is 9.59 Å². The van der Waals surface area contributed by atoms with Gasteiger partial charge >= 0.3 is 11.4 Å². The maximum absolute atomic E-state index is 15.4. The Morgan fingerprint density at radius 3 is 2.48 bits per heavy atom. The van der Waals surface area contributed by atoms with Crippen molar-refractivity contribution in [2.75, 3.05) is 13.2 Å². The lowest BCUT2D eigenvalue weighted by molar-refractivity contribution is -0.0593. The fourth-order valence-electron chi connectivity index (χ4n) is 10.3. The second kappa shape index (κ2) is 13.8. The third kappa shape index (κ3) is 6.08. The molecular weight excluding hydrogens is 804 g/mol. The number of aromatic nitrogens is 9. The zero-order valence-corrected chi connectivity index (χ0v) is 36.0. The van der Waals surface area contributed by atoms with Crippen molar-refractivity contribution >= 4 is 16.9 Å². The SMILES string of the molecule is Cc1cc(-n2nc3c(c2-n2ccn(-c4ccn5c(C)ncc5c4)c2=O)[C@H](C)N(C(=O)c2cn4cc([C@H]5CCOC(C)(C)C5)ccc4c2C2(c4noc(=O)[nH]4)CC2)CC3)cc(C)c1F. The number of ether oxygens (including phenoxy) is 1. The van der Waals surface area contributed by atoms with Gasteiger partial charge in [0.25, 0.3) is 5.91 Å². The second-order valence-electron chi connectivity index (χ2n) is 18.2. The van der Waals surface area contributed by atoms with E-state index in [4.69, 9.17) is 14.4 Å². The summed E-state index contributed by atoms with van der Waals surface area (Å²) in [7, 11) is 0. The first-order valence-electron chi connectivity index (χ1n) is 21.5. The molecule has 0 spiro atoms. The number of hydrogen-bond acceptors (Lipinski definition) is 8. The van der Waals surface area contributed by atoms with Gasteiger partial charge in [0.1, 0.15) is 17.5 Å². The Morgan fingerprint density at radius 2 is 1.75 bits per heavy atom. The number of nitrogens with zero attached hydrogens (tertiary/aromatic N) is 9. The number of aromatic amines is 1. The summed E-state index contributed by atoms with van der Waals surface area (Å²) in [4.78, 5) is 51.5. The number of hydrogen-bond donors (Lipinski definition) is 1. The minimum Gasteiger partial charge on any atom is -0.376 e. The number of aryl methyl sites for hydroxylation is 3. The number of carbonyl (C=O) groups excluding carboxylic acids is 1. The monoisotopic (exact) mass is 850 g/mol. The molecule has 63 heavy (non-hydrogen) atoms. The van der Waals surface area contributed by atoms with Crippen molar-refractivity contribution in [3.8, 4) is 17.2 Å². The van der Waals surface area contributed by atoms with Crippen molar-refractivity contribution in [3.05, 3.63) is 151 Å². The number of imidazole rings is 2. The van der Waals surface area contributed by atoms with E-state index in [0.717, 1.165) is 46.5 Å². The van der Waals surface area contributed by atoms with Crippen molar-refractivity contribution < 1.29 is 18.4 Å². The van der Waals surface area contributed by atoms with Gasteiger partial charge in [0, 0.05) is 61.7 Å². The highest BCUT2D eigenvalue weighted by Crippen LogP contribution is 2.55. The molecular formula is C47H47FN10O5. The van der Waals surface area contributed by atoms with Crippen LogP contribution in [0.4, 0.5) is 4.39 Å². The van der Waals surface area contributed by atoms with Crippen LogP contribution in [0, 0.1) is 26.6 Å². The normalized spacial score (nSPS) is 19.3. The standard InChI is InChI=1S/C47H47FN10O5/c1-26-19-33(20-27(2)40(26)48)58-41(57-17-16-56(45(57)61)32-9-14-55-29(4)49-23-34(55)21-32)38-28(3)54(15-10-36(38)51-58)42(59)35-25-53-24-31(30-11-18-62-46(5,6)22-30)7-8-37(53)39(35)47(12-13-47)43-50-44(60)63-52-43/h7-9,14,16-17,19-21,23-25,28,30H,10-13,15,18,22H2,1-6H3,(H,50,52,60)/t28-,30-/m0/s1. The predicted octanol–water partition coefficient (Wildman–Crippen LogP) is 6.97. The number of amides is 1. The van der Waals surface area contributed by atoms with Gasteiger partial charge in [0.15, 0.2) is 5.82 Å². The Labute approximate surface area is 360 Å². The van der Waals surface area contributed by atoms with Crippen molar-refractivity contribution in [3.63, 3.8) is 0 Å². The van der Waals surface area contributed by atoms with Crippen LogP contribution in [0.3, 0.4) is 0 Å². The summed E-state index contributed by atoms with van der Waals surface area (Å²) < 4.78 is 35.0. The number of carbonyl (C=O) groups is 1. The molecule has 0 radical (unpaired) electrons. The van der Waals surface area contributed by atoms with Gasteiger partial charge in [-0.3, -0.25) is 23.4 Å². The molecule has 1 saturated heterocycles. The zero-order chi connectivity index (χ0) is 43.7. The van der Waals surface area contributed by atoms with Gasteiger partial charge in [-0.2, -0.15) is 5.10 Å². The average Bonchev–Trinajstić information content (AvgIpc) is 3.71. The van der Waals surface area contributed by atoms with Gasteiger partial charge in [-0.1, -0.05) is 11.2 Å². The fraction of sp³-hybridized carbons (Fsp3) is 0.362. The second-order valence-corrected chi connectivity index (χ2v) is 18.2. The highest BCUT2D eigenvalue weighted by Gasteiger charge is 2.53. The minimum atomic E-state index is -0.721. The Balaban J connectivity index is 1.05. The maximum atomic E-state index is 15.4. The lowest BCUT2D eigenvalue weighted by Gasteiger charge is -2.35. The van der Waals surface area contributed by atoms with E-state index in [-0.39, 0.29) is 28.9 Å². The largest absolute Gasteiger partial charge is 0.438 e. The summed E-state index contributed by atoms with van der Waals surface area (Å²) in [6.07, 6.45) is 14.6. The molecule has 15 nitrogen and oxygen atoms in total. The van der Waals surface area contributed by atoms with Crippen LogP contribution in [0.25, 0.3) is 28.2 Å². The molecule has 2 atom stereocenters. The van der Waals surface area contributed by atoms with Crippen molar-refractivity contribution in [2.24, 2.45) is 0 Å². The Hall–Kier alpha value is -6.81. The van der Waals surface area contributed by atoms with Crippen LogP contribution >= 0.6 is 0 Å². The van der Waals surface area contributed by atoms with E-state index in [1.807, 2.05) is 52.1 Å². The molecule has 8 aromatic rings. The van der Waals surface area contributed by atoms with Gasteiger partial charge in [-0.05, 0) is 120 Å². The average molecular weight is 851 g/mol. The molecule has 1 amide bonds. The third-order valence-electron chi connectivity index (χ3n) is 13.7. The summed E-state index contributed by atoms with van der Waals surface area (Å²) in [5.41, 5.74) is 6.45. The van der Waals surface area contributed by atoms with Gasteiger partial charge in [0.05, 0.1) is 56.9 Å². The van der Waals surface area contributed by atoms with Gasteiger partial charge < -0.3 is 18.4 Å². The molecule has 3 aliphatic rings. The number of nitrogens with one attached hydrogen (secondary N) is 1. The van der Waals surface area contributed by atoms with E-state index in [1.54, 1.807) is 58.4 Å². The summed E-state index contributed by atoms with van der Waals surface area (Å²) in [6, 6.07) is 10.9. The van der Waals surface area contributed by atoms with Gasteiger partial charge in [-0.15, -0.1) is 0 Å². The Morgan fingerprint density at radius 1 is 0.968 bits per heavy atom. The zero-order valence-electron chi connectivity index (χ0n) is 36.0. The van der Waals surface area contributed by atoms with Crippen LogP contribution in [-0.4, -0.2) is 72.4 Å². The topological polar surface area (TPSA) is 155 Å². The Kier molecular flexibility index (Phi) is 8.59. The van der Waals surface area contributed by atoms with E-state index in [1.165, 1.54) is 0 Å². The molecule has 2 fully saturated rings. The third-order valence-corrected chi connectivity index (χ3v) is 13.7. The first-order valence-corrected chi connectivity index (χ1v) is 21.5. The number of benzene rings is 1. The van der Waals surface area contributed by atoms with E-state index >= 15 is 9.18 Å². The van der Waals surface area contributed by atoms with E-state index in [0.29, 0.717) is 77.7 Å². The first kappa shape index (κ1) is 39.1. The van der Waals surface area contributed by atoms with Crippen LogP contribution < -0.4 is 11.4 Å². The number of fused-ring (bicyclic) bond motifs is 3. The van der Waals surface area contributed by atoms with Crippen LogP contribution in [-0.2, 0) is 16.6 Å². The maximum Gasteiger partial charge on any atom is 0.438 e. The summed E-state index contributed by atoms with van der Waals surface area (Å²) >= 11 is 0. The predicted molar refractivity (Wildman–Crippen MR) is 231 cm³/mol. The lowest BCUT2D eigenvalue weighted by atomic mass is 9.84. The van der Waals surface area contributed by atoms with Crippen molar-refractivity contribution in [1.82, 2.24) is 47.7 Å². The molecule has 1 aliphatic carbocycles. The van der Waals surface area contributed by atoms with E-state index in [2.05, 4.69) is 47.3 Å². The van der Waals surface area contributed by atoms with Gasteiger partial charge in [-0.25, -0.2) is 23.6 Å². The quantitative estimate of drug-likeness (QED) is 0.181. The minimum absolute atomic E-state index is 0.195. The molecule has 0 bridgehead atoms. The van der Waals surface area contributed by atoms with Crippen LogP contribution in [0.1, 0.15) is 114 Å². The molecule has 7 aromatic heterocycles. The molecule has 16 heteroatoms. The lowest BCUT2D eigenvalue weighted by Crippen LogP contribution is -2.40. The first-order chi connectivity index (χ1) is 30.2. The number of halogens is 1. The highest BCUT2D eigenvalue weighted by molar-refractivity contribution is 5.99. The molecule has 1 N–H and O–H groups in total. The molecule has 322 valence electrons. The molecule has 1 aromatic carbocycles. The van der Waals surface area contributed by atoms with Crippen molar-refractivity contribution in [2.45, 2.75) is 96.6 Å².